The molecular weight excluding hydrogens is 239 g/mol. The summed E-state index contributed by atoms with van der Waals surface area (Å²) >= 11 is 0. The summed E-state index contributed by atoms with van der Waals surface area (Å²) in [7, 11) is 0. The number of halogens is 3. The summed E-state index contributed by atoms with van der Waals surface area (Å²) in [5, 5.41) is 0.681. The summed E-state index contributed by atoms with van der Waals surface area (Å²) in [6, 6.07) is 3.86. The second kappa shape index (κ2) is 3.64. The number of fused-ring (bicyclic) bond motifs is 3. The fourth-order valence-electron chi connectivity index (χ4n) is 2.59. The van der Waals surface area contributed by atoms with Crippen LogP contribution in [0.2, 0.25) is 0 Å². The van der Waals surface area contributed by atoms with E-state index in [1.165, 1.54) is 12.1 Å². The van der Waals surface area contributed by atoms with Crippen molar-refractivity contribution in [3.05, 3.63) is 41.6 Å². The lowest BCUT2D eigenvalue weighted by atomic mass is 9.92. The molecule has 1 aromatic carbocycles. The molecule has 0 amide bonds. The number of rotatable bonds is 0. The zero-order chi connectivity index (χ0) is 12.9. The molecule has 4 heteroatoms. The molecule has 0 saturated heterocycles. The fourth-order valence-corrected chi connectivity index (χ4v) is 2.59. The van der Waals surface area contributed by atoms with E-state index in [4.69, 9.17) is 0 Å². The van der Waals surface area contributed by atoms with Crippen molar-refractivity contribution in [3.63, 3.8) is 0 Å². The lowest BCUT2D eigenvalue weighted by Gasteiger charge is -2.13. The van der Waals surface area contributed by atoms with Gasteiger partial charge >= 0.3 is 6.18 Å². The van der Waals surface area contributed by atoms with Crippen LogP contribution in [0.5, 0.6) is 0 Å². The molecule has 0 atom stereocenters. The molecular formula is C14H12F3N. The first-order valence-corrected chi connectivity index (χ1v) is 5.87. The van der Waals surface area contributed by atoms with Gasteiger partial charge in [-0.15, -0.1) is 0 Å². The monoisotopic (exact) mass is 251 g/mol. The molecule has 0 aliphatic heterocycles. The van der Waals surface area contributed by atoms with Crippen LogP contribution < -0.4 is 0 Å². The second-order valence-electron chi connectivity index (χ2n) is 4.69. The predicted molar refractivity (Wildman–Crippen MR) is 65.3 cm³/mol. The highest BCUT2D eigenvalue weighted by Gasteiger charge is 2.31. The summed E-state index contributed by atoms with van der Waals surface area (Å²) in [5.41, 5.74) is 3.06. The highest BCUT2D eigenvalue weighted by Crippen LogP contribution is 2.37. The van der Waals surface area contributed by atoms with Gasteiger partial charge in [0, 0.05) is 16.6 Å². The van der Waals surface area contributed by atoms with Gasteiger partial charge in [0.15, 0.2) is 0 Å². The van der Waals surface area contributed by atoms with E-state index in [1.54, 1.807) is 0 Å². The molecule has 1 heterocycles. The van der Waals surface area contributed by atoms with Gasteiger partial charge in [-0.1, -0.05) is 6.58 Å². The van der Waals surface area contributed by atoms with E-state index < -0.39 is 11.7 Å². The minimum Gasteiger partial charge on any atom is -0.355 e. The van der Waals surface area contributed by atoms with Crippen LogP contribution in [0, 0.1) is 0 Å². The minimum atomic E-state index is -4.29. The normalized spacial score (nSPS) is 16.1. The average molecular weight is 251 g/mol. The first kappa shape index (κ1) is 11.4. The van der Waals surface area contributed by atoms with Gasteiger partial charge in [-0.25, -0.2) is 0 Å². The van der Waals surface area contributed by atoms with Crippen molar-refractivity contribution in [2.75, 3.05) is 0 Å². The van der Waals surface area contributed by atoms with E-state index >= 15 is 0 Å². The van der Waals surface area contributed by atoms with Gasteiger partial charge in [0.2, 0.25) is 0 Å². The molecule has 0 bridgehead atoms. The first-order chi connectivity index (χ1) is 8.47. The van der Waals surface area contributed by atoms with Crippen LogP contribution in [0.15, 0.2) is 24.8 Å². The number of benzene rings is 1. The maximum absolute atomic E-state index is 12.7. The van der Waals surface area contributed by atoms with Gasteiger partial charge in [0.1, 0.15) is 0 Å². The number of nitrogens with one attached hydrogen (secondary N) is 1. The van der Waals surface area contributed by atoms with Gasteiger partial charge < -0.3 is 4.98 Å². The van der Waals surface area contributed by atoms with Crippen molar-refractivity contribution >= 4 is 16.5 Å². The first-order valence-electron chi connectivity index (χ1n) is 5.87. The Kier molecular flexibility index (Phi) is 2.30. The van der Waals surface area contributed by atoms with Crippen LogP contribution in [0.1, 0.15) is 29.7 Å². The SMILES string of the molecule is C=C1CCCc2c1[nH]c1ccc(C(F)(F)F)cc21. The number of aromatic nitrogens is 1. The van der Waals surface area contributed by atoms with E-state index in [0.29, 0.717) is 5.39 Å². The Labute approximate surface area is 102 Å². The van der Waals surface area contributed by atoms with Crippen molar-refractivity contribution < 1.29 is 13.2 Å². The molecule has 1 aromatic heterocycles. The van der Waals surface area contributed by atoms with E-state index in [0.717, 1.165) is 47.7 Å². The molecule has 1 aliphatic rings. The third kappa shape index (κ3) is 1.64. The average Bonchev–Trinajstić information content (AvgIpc) is 2.67. The molecule has 1 nitrogen and oxygen atoms in total. The Morgan fingerprint density at radius 3 is 2.67 bits per heavy atom. The van der Waals surface area contributed by atoms with Gasteiger partial charge in [0.25, 0.3) is 0 Å². The molecule has 0 radical (unpaired) electrons. The highest BCUT2D eigenvalue weighted by atomic mass is 19.4. The van der Waals surface area contributed by atoms with Crippen LogP contribution in [0.3, 0.4) is 0 Å². The number of allylic oxidation sites excluding steroid dienone is 1. The Bertz CT molecular complexity index is 634. The van der Waals surface area contributed by atoms with Crippen molar-refractivity contribution in [1.82, 2.24) is 4.98 Å². The van der Waals surface area contributed by atoms with Crippen molar-refractivity contribution in [2.45, 2.75) is 25.4 Å². The highest BCUT2D eigenvalue weighted by molar-refractivity contribution is 5.90. The number of aromatic amines is 1. The smallest absolute Gasteiger partial charge is 0.355 e. The number of hydrogen-bond acceptors (Lipinski definition) is 0. The van der Waals surface area contributed by atoms with Gasteiger partial charge in [0.05, 0.1) is 5.56 Å². The number of alkyl halides is 3. The molecule has 3 rings (SSSR count). The lowest BCUT2D eigenvalue weighted by molar-refractivity contribution is -0.137. The van der Waals surface area contributed by atoms with E-state index in [1.807, 2.05) is 0 Å². The summed E-state index contributed by atoms with van der Waals surface area (Å²) < 4.78 is 38.1. The van der Waals surface area contributed by atoms with Gasteiger partial charge in [-0.3, -0.25) is 0 Å². The molecule has 0 spiro atoms. The Morgan fingerprint density at radius 2 is 1.94 bits per heavy atom. The molecule has 1 N–H and O–H groups in total. The molecule has 0 unspecified atom stereocenters. The lowest BCUT2D eigenvalue weighted by Crippen LogP contribution is -2.04. The summed E-state index contributed by atoms with van der Waals surface area (Å²) in [6.45, 7) is 3.97. The standard InChI is InChI=1S/C14H12F3N/c1-8-3-2-4-10-11-7-9(14(15,16)17)5-6-12(11)18-13(8)10/h5-7,18H,1-4H2. The summed E-state index contributed by atoms with van der Waals surface area (Å²) in [6.07, 6.45) is -1.61. The van der Waals surface area contributed by atoms with E-state index in [9.17, 15) is 13.2 Å². The fraction of sp³-hybridized carbons (Fsp3) is 0.286. The van der Waals surface area contributed by atoms with Gasteiger partial charge in [-0.2, -0.15) is 13.2 Å². The molecule has 94 valence electrons. The maximum Gasteiger partial charge on any atom is 0.416 e. The van der Waals surface area contributed by atoms with E-state index in [-0.39, 0.29) is 0 Å². The quantitative estimate of drug-likeness (QED) is 0.707. The van der Waals surface area contributed by atoms with Crippen LogP contribution in [0.25, 0.3) is 16.5 Å². The maximum atomic E-state index is 12.7. The predicted octanol–water partition coefficient (Wildman–Crippen LogP) is 4.54. The minimum absolute atomic E-state index is 0.590. The van der Waals surface area contributed by atoms with Crippen molar-refractivity contribution in [1.29, 1.82) is 0 Å². The Morgan fingerprint density at radius 1 is 1.17 bits per heavy atom. The van der Waals surface area contributed by atoms with E-state index in [2.05, 4.69) is 11.6 Å². The molecule has 2 aromatic rings. The molecule has 18 heavy (non-hydrogen) atoms. The van der Waals surface area contributed by atoms with Gasteiger partial charge in [-0.05, 0) is 48.6 Å². The molecule has 0 fully saturated rings. The summed E-state index contributed by atoms with van der Waals surface area (Å²) in [5.74, 6) is 0. The van der Waals surface area contributed by atoms with Crippen molar-refractivity contribution in [3.8, 4) is 0 Å². The van der Waals surface area contributed by atoms with Crippen molar-refractivity contribution in [2.24, 2.45) is 0 Å². The number of H-pyrrole nitrogens is 1. The number of aryl methyl sites for hydroxylation is 1. The van der Waals surface area contributed by atoms with Crippen LogP contribution in [-0.2, 0) is 12.6 Å². The zero-order valence-electron chi connectivity index (χ0n) is 9.69. The summed E-state index contributed by atoms with van der Waals surface area (Å²) in [4.78, 5) is 3.18. The third-order valence-corrected chi connectivity index (χ3v) is 3.49. The van der Waals surface area contributed by atoms with Crippen LogP contribution >= 0.6 is 0 Å². The second-order valence-corrected chi connectivity index (χ2v) is 4.69. The third-order valence-electron chi connectivity index (χ3n) is 3.49. The Balaban J connectivity index is 2.25. The van der Waals surface area contributed by atoms with Crippen LogP contribution in [-0.4, -0.2) is 4.98 Å². The largest absolute Gasteiger partial charge is 0.416 e. The zero-order valence-corrected chi connectivity index (χ0v) is 9.69. The molecule has 0 saturated carbocycles. The number of hydrogen-bond donors (Lipinski definition) is 1. The molecule has 1 aliphatic carbocycles. The van der Waals surface area contributed by atoms with Crippen LogP contribution in [0.4, 0.5) is 13.2 Å². The Hall–Kier alpha value is -1.71. The topological polar surface area (TPSA) is 15.8 Å².